The van der Waals surface area contributed by atoms with Crippen LogP contribution in [0.2, 0.25) is 0 Å². The van der Waals surface area contributed by atoms with E-state index in [-0.39, 0.29) is 12.0 Å². The number of nitrogens with zero attached hydrogens (tertiary/aromatic N) is 1. The fourth-order valence-electron chi connectivity index (χ4n) is 2.34. The summed E-state index contributed by atoms with van der Waals surface area (Å²) in [6.07, 6.45) is 2.18. The van der Waals surface area contributed by atoms with E-state index in [1.807, 2.05) is 24.3 Å². The van der Waals surface area contributed by atoms with Gasteiger partial charge in [-0.15, -0.1) is 0 Å². The molecule has 2 N–H and O–H groups in total. The second-order valence-electron chi connectivity index (χ2n) is 4.84. The molecular weight excluding hydrogens is 256 g/mol. The van der Waals surface area contributed by atoms with Crippen LogP contribution < -0.4 is 15.4 Å². The number of benzene rings is 1. The first kappa shape index (κ1) is 14.8. The number of amides is 1. The van der Waals surface area contributed by atoms with E-state index in [1.54, 1.807) is 12.0 Å². The van der Waals surface area contributed by atoms with Gasteiger partial charge in [-0.3, -0.25) is 4.79 Å². The average molecular weight is 278 g/mol. The van der Waals surface area contributed by atoms with Crippen LogP contribution in [0.15, 0.2) is 24.3 Å². The Labute approximate surface area is 119 Å². The van der Waals surface area contributed by atoms with Crippen LogP contribution in [0.3, 0.4) is 0 Å². The SMILES string of the molecule is COc1cccc(N(CCCN)C(=O)C2CCCO2)c1. The lowest BCUT2D eigenvalue weighted by Crippen LogP contribution is -2.40. The van der Waals surface area contributed by atoms with Gasteiger partial charge in [0.1, 0.15) is 11.9 Å². The van der Waals surface area contributed by atoms with Crippen molar-refractivity contribution in [3.8, 4) is 5.75 Å². The number of nitrogens with two attached hydrogens (primary N) is 1. The van der Waals surface area contributed by atoms with Gasteiger partial charge in [-0.1, -0.05) is 6.07 Å². The first-order valence-electron chi connectivity index (χ1n) is 7.03. The first-order valence-corrected chi connectivity index (χ1v) is 7.03. The maximum Gasteiger partial charge on any atom is 0.256 e. The highest BCUT2D eigenvalue weighted by atomic mass is 16.5. The van der Waals surface area contributed by atoms with Gasteiger partial charge >= 0.3 is 0 Å². The van der Waals surface area contributed by atoms with E-state index in [0.29, 0.717) is 19.7 Å². The Balaban J connectivity index is 2.18. The molecular formula is C15H22N2O3. The minimum Gasteiger partial charge on any atom is -0.497 e. The topological polar surface area (TPSA) is 64.8 Å². The van der Waals surface area contributed by atoms with E-state index in [9.17, 15) is 4.79 Å². The van der Waals surface area contributed by atoms with Crippen LogP contribution in [0.25, 0.3) is 0 Å². The van der Waals surface area contributed by atoms with E-state index < -0.39 is 0 Å². The molecule has 0 radical (unpaired) electrons. The van der Waals surface area contributed by atoms with Gasteiger partial charge in [-0.25, -0.2) is 0 Å². The molecule has 1 amide bonds. The Morgan fingerprint density at radius 2 is 2.40 bits per heavy atom. The van der Waals surface area contributed by atoms with Crippen molar-refractivity contribution in [3.63, 3.8) is 0 Å². The summed E-state index contributed by atoms with van der Waals surface area (Å²) in [6, 6.07) is 7.52. The third kappa shape index (κ3) is 3.49. The van der Waals surface area contributed by atoms with Crippen molar-refractivity contribution in [3.05, 3.63) is 24.3 Å². The smallest absolute Gasteiger partial charge is 0.256 e. The zero-order valence-corrected chi connectivity index (χ0v) is 11.9. The van der Waals surface area contributed by atoms with Crippen molar-refractivity contribution in [1.29, 1.82) is 0 Å². The average Bonchev–Trinajstić information content (AvgIpc) is 3.02. The van der Waals surface area contributed by atoms with Crippen LogP contribution >= 0.6 is 0 Å². The van der Waals surface area contributed by atoms with E-state index in [1.165, 1.54) is 0 Å². The molecule has 1 aromatic carbocycles. The minimum atomic E-state index is -0.320. The van der Waals surface area contributed by atoms with Crippen LogP contribution in [-0.2, 0) is 9.53 Å². The third-order valence-corrected chi connectivity index (χ3v) is 3.42. The maximum absolute atomic E-state index is 12.6. The van der Waals surface area contributed by atoms with Crippen LogP contribution in [0.5, 0.6) is 5.75 Å². The van der Waals surface area contributed by atoms with Crippen molar-refractivity contribution in [2.75, 3.05) is 31.7 Å². The van der Waals surface area contributed by atoms with Crippen molar-refractivity contribution in [2.24, 2.45) is 5.73 Å². The summed E-state index contributed by atoms with van der Waals surface area (Å²) in [5.41, 5.74) is 6.40. The zero-order chi connectivity index (χ0) is 14.4. The number of carbonyl (C=O) groups excluding carboxylic acids is 1. The van der Waals surface area contributed by atoms with E-state index in [4.69, 9.17) is 15.2 Å². The lowest BCUT2D eigenvalue weighted by Gasteiger charge is -2.25. The summed E-state index contributed by atoms with van der Waals surface area (Å²) < 4.78 is 10.7. The van der Waals surface area contributed by atoms with E-state index in [0.717, 1.165) is 30.7 Å². The summed E-state index contributed by atoms with van der Waals surface area (Å²) in [4.78, 5) is 14.3. The monoisotopic (exact) mass is 278 g/mol. The highest BCUT2D eigenvalue weighted by Crippen LogP contribution is 2.24. The second kappa shape index (κ2) is 7.26. The number of hydrogen-bond donors (Lipinski definition) is 1. The molecule has 1 saturated heterocycles. The molecule has 1 aliphatic rings. The standard InChI is InChI=1S/C15H22N2O3/c1-19-13-6-2-5-12(11-13)17(9-4-8-16)15(18)14-7-3-10-20-14/h2,5-6,11,14H,3-4,7-10,16H2,1H3. The molecule has 110 valence electrons. The molecule has 1 atom stereocenters. The van der Waals surface area contributed by atoms with Crippen LogP contribution in [-0.4, -0.2) is 38.8 Å². The highest BCUT2D eigenvalue weighted by Gasteiger charge is 2.28. The molecule has 0 bridgehead atoms. The molecule has 20 heavy (non-hydrogen) atoms. The van der Waals surface area contributed by atoms with E-state index >= 15 is 0 Å². The molecule has 5 nitrogen and oxygen atoms in total. The number of hydrogen-bond acceptors (Lipinski definition) is 4. The summed E-state index contributed by atoms with van der Waals surface area (Å²) >= 11 is 0. The van der Waals surface area contributed by atoms with Gasteiger partial charge < -0.3 is 20.1 Å². The molecule has 1 aliphatic heterocycles. The van der Waals surface area contributed by atoms with E-state index in [2.05, 4.69) is 0 Å². The van der Waals surface area contributed by atoms with Crippen molar-refractivity contribution in [2.45, 2.75) is 25.4 Å². The van der Waals surface area contributed by atoms with Crippen LogP contribution in [0.4, 0.5) is 5.69 Å². The Hall–Kier alpha value is -1.59. The summed E-state index contributed by atoms with van der Waals surface area (Å²) in [7, 11) is 1.62. The molecule has 1 heterocycles. The van der Waals surface area contributed by atoms with Crippen LogP contribution in [0.1, 0.15) is 19.3 Å². The fraction of sp³-hybridized carbons (Fsp3) is 0.533. The minimum absolute atomic E-state index is 0.0178. The molecule has 0 aliphatic carbocycles. The number of carbonyl (C=O) groups is 1. The van der Waals surface area contributed by atoms with Crippen molar-refractivity contribution in [1.82, 2.24) is 0 Å². The molecule has 1 aromatic rings. The molecule has 0 spiro atoms. The normalized spacial score (nSPS) is 18.0. The van der Waals surface area contributed by atoms with Crippen molar-refractivity contribution >= 4 is 11.6 Å². The Bertz CT molecular complexity index is 444. The predicted octanol–water partition coefficient (Wildman–Crippen LogP) is 1.56. The molecule has 2 rings (SSSR count). The number of rotatable bonds is 6. The number of anilines is 1. The van der Waals surface area contributed by atoms with Crippen molar-refractivity contribution < 1.29 is 14.3 Å². The van der Waals surface area contributed by atoms with Gasteiger partial charge in [0.2, 0.25) is 0 Å². The molecule has 0 saturated carbocycles. The Morgan fingerprint density at radius 3 is 3.05 bits per heavy atom. The predicted molar refractivity (Wildman–Crippen MR) is 78.0 cm³/mol. The molecule has 0 aromatic heterocycles. The van der Waals surface area contributed by atoms with Gasteiger partial charge in [0.05, 0.1) is 7.11 Å². The second-order valence-corrected chi connectivity index (χ2v) is 4.84. The van der Waals surface area contributed by atoms with Gasteiger partial charge in [-0.05, 0) is 37.9 Å². The highest BCUT2D eigenvalue weighted by molar-refractivity contribution is 5.96. The van der Waals surface area contributed by atoms with Gasteiger partial charge in [-0.2, -0.15) is 0 Å². The lowest BCUT2D eigenvalue weighted by atomic mass is 10.2. The quantitative estimate of drug-likeness (QED) is 0.857. The first-order chi connectivity index (χ1) is 9.76. The fourth-order valence-corrected chi connectivity index (χ4v) is 2.34. The Morgan fingerprint density at radius 1 is 1.55 bits per heavy atom. The largest absolute Gasteiger partial charge is 0.497 e. The summed E-state index contributed by atoms with van der Waals surface area (Å²) in [5, 5.41) is 0. The maximum atomic E-state index is 12.6. The van der Waals surface area contributed by atoms with Crippen LogP contribution in [0, 0.1) is 0 Å². The molecule has 1 unspecified atom stereocenters. The zero-order valence-electron chi connectivity index (χ0n) is 11.9. The number of ether oxygens (including phenoxy) is 2. The lowest BCUT2D eigenvalue weighted by molar-refractivity contribution is -0.127. The summed E-state index contributed by atoms with van der Waals surface area (Å²) in [5.74, 6) is 0.754. The van der Waals surface area contributed by atoms with Gasteiger partial charge in [0.25, 0.3) is 5.91 Å². The Kier molecular flexibility index (Phi) is 5.38. The van der Waals surface area contributed by atoms with Gasteiger partial charge in [0, 0.05) is 24.9 Å². The third-order valence-electron chi connectivity index (χ3n) is 3.42. The van der Waals surface area contributed by atoms with Gasteiger partial charge in [0.15, 0.2) is 0 Å². The molecule has 5 heteroatoms. The summed E-state index contributed by atoms with van der Waals surface area (Å²) in [6.45, 7) is 1.82. The number of methoxy groups -OCH3 is 1. The molecule has 1 fully saturated rings.